The summed E-state index contributed by atoms with van der Waals surface area (Å²) in [5, 5.41) is 1.20. The van der Waals surface area contributed by atoms with Gasteiger partial charge in [0.15, 0.2) is 0 Å². The van der Waals surface area contributed by atoms with Gasteiger partial charge in [-0.2, -0.15) is 0 Å². The minimum absolute atomic E-state index is 1.07. The Hall–Kier alpha value is -5.51. The fraction of sp³-hybridized carbons (Fsp3) is 0. The van der Waals surface area contributed by atoms with Gasteiger partial charge in [-0.15, -0.1) is 11.3 Å². The first kappa shape index (κ1) is 26.1. The number of hydrogen-bond donors (Lipinski definition) is 0. The quantitative estimate of drug-likeness (QED) is 0.194. The fourth-order valence-electron chi connectivity index (χ4n) is 5.89. The number of benzene rings is 6. The third-order valence-corrected chi connectivity index (χ3v) is 9.26. The highest BCUT2D eigenvalue weighted by atomic mass is 32.1. The molecule has 0 N–H and O–H groups in total. The number of nitrogens with zero attached hydrogens (tertiary/aromatic N) is 2. The molecule has 0 unspecified atom stereocenters. The van der Waals surface area contributed by atoms with Crippen molar-refractivity contribution in [3.8, 4) is 33.4 Å². The molecule has 0 aliphatic rings. The van der Waals surface area contributed by atoms with Crippen LogP contribution in [-0.4, -0.2) is 4.98 Å². The Labute approximate surface area is 261 Å². The van der Waals surface area contributed by atoms with Gasteiger partial charge < -0.3 is 4.90 Å². The first-order valence-electron chi connectivity index (χ1n) is 14.8. The van der Waals surface area contributed by atoms with Crippen LogP contribution in [0.2, 0.25) is 0 Å². The molecule has 0 spiro atoms. The molecular formula is C41H28N2S. The van der Waals surface area contributed by atoms with E-state index in [1.807, 2.05) is 12.3 Å². The third-order valence-electron chi connectivity index (χ3n) is 8.15. The molecule has 44 heavy (non-hydrogen) atoms. The van der Waals surface area contributed by atoms with E-state index in [4.69, 9.17) is 0 Å². The molecule has 8 aromatic rings. The van der Waals surface area contributed by atoms with Gasteiger partial charge in [0, 0.05) is 33.3 Å². The van der Waals surface area contributed by atoms with Gasteiger partial charge in [-0.1, -0.05) is 109 Å². The third kappa shape index (κ3) is 4.94. The molecule has 0 aliphatic heterocycles. The van der Waals surface area contributed by atoms with Crippen molar-refractivity contribution < 1.29 is 0 Å². The molecule has 0 saturated heterocycles. The monoisotopic (exact) mass is 580 g/mol. The number of pyridine rings is 1. The summed E-state index contributed by atoms with van der Waals surface area (Å²) in [6.07, 6.45) is 1.87. The molecule has 2 heterocycles. The summed E-state index contributed by atoms with van der Waals surface area (Å²) in [7, 11) is 0. The first-order valence-corrected chi connectivity index (χ1v) is 15.6. The lowest BCUT2D eigenvalue weighted by Crippen LogP contribution is -2.09. The van der Waals surface area contributed by atoms with E-state index in [9.17, 15) is 0 Å². The average molecular weight is 581 g/mol. The van der Waals surface area contributed by atoms with Crippen molar-refractivity contribution in [2.45, 2.75) is 0 Å². The molecule has 208 valence electrons. The molecule has 2 nitrogen and oxygen atoms in total. The van der Waals surface area contributed by atoms with Crippen molar-refractivity contribution in [3.05, 3.63) is 170 Å². The minimum atomic E-state index is 1.07. The van der Waals surface area contributed by atoms with Gasteiger partial charge in [0.1, 0.15) is 0 Å². The van der Waals surface area contributed by atoms with Gasteiger partial charge in [-0.3, -0.25) is 4.98 Å². The average Bonchev–Trinajstić information content (AvgIpc) is 3.48. The number of thiophene rings is 1. The molecule has 0 aliphatic carbocycles. The molecule has 0 saturated carbocycles. The number of rotatable bonds is 6. The van der Waals surface area contributed by atoms with Crippen LogP contribution in [-0.2, 0) is 0 Å². The fourth-order valence-corrected chi connectivity index (χ4v) is 6.99. The molecule has 0 bridgehead atoms. The zero-order chi connectivity index (χ0) is 29.3. The minimum Gasteiger partial charge on any atom is -0.310 e. The SMILES string of the molecule is c1ccc(-c2ccc(-c3ccc(N(c4ccc(-c5ccccc5)cc4)c4ccc5c(c4)sc4cccnc45)cc3)cc2)cc1. The van der Waals surface area contributed by atoms with Crippen LogP contribution in [0.3, 0.4) is 0 Å². The maximum absolute atomic E-state index is 4.66. The van der Waals surface area contributed by atoms with E-state index in [1.54, 1.807) is 11.3 Å². The van der Waals surface area contributed by atoms with Crippen LogP contribution in [0.4, 0.5) is 17.1 Å². The Kier molecular flexibility index (Phi) is 6.71. The second-order valence-electron chi connectivity index (χ2n) is 10.9. The summed E-state index contributed by atoms with van der Waals surface area (Å²) in [4.78, 5) is 7.00. The molecular weight excluding hydrogens is 553 g/mol. The van der Waals surface area contributed by atoms with Crippen molar-refractivity contribution in [1.29, 1.82) is 0 Å². The lowest BCUT2D eigenvalue weighted by atomic mass is 10.00. The molecule has 8 rings (SSSR count). The van der Waals surface area contributed by atoms with Gasteiger partial charge in [0.25, 0.3) is 0 Å². The Morgan fingerprint density at radius 1 is 0.386 bits per heavy atom. The molecule has 3 heteroatoms. The van der Waals surface area contributed by atoms with Crippen molar-refractivity contribution in [2.75, 3.05) is 4.90 Å². The van der Waals surface area contributed by atoms with Gasteiger partial charge in [0.2, 0.25) is 0 Å². The highest BCUT2D eigenvalue weighted by Crippen LogP contribution is 2.41. The highest BCUT2D eigenvalue weighted by molar-refractivity contribution is 7.25. The molecule has 0 radical (unpaired) electrons. The van der Waals surface area contributed by atoms with E-state index < -0.39 is 0 Å². The van der Waals surface area contributed by atoms with Gasteiger partial charge in [-0.25, -0.2) is 0 Å². The molecule has 2 aromatic heterocycles. The lowest BCUT2D eigenvalue weighted by molar-refractivity contribution is 1.29. The van der Waals surface area contributed by atoms with Crippen LogP contribution >= 0.6 is 11.3 Å². The number of aromatic nitrogens is 1. The maximum atomic E-state index is 4.66. The number of anilines is 3. The van der Waals surface area contributed by atoms with Crippen molar-refractivity contribution in [1.82, 2.24) is 4.98 Å². The van der Waals surface area contributed by atoms with E-state index in [2.05, 4.69) is 168 Å². The summed E-state index contributed by atoms with van der Waals surface area (Å²) < 4.78 is 2.44. The second-order valence-corrected chi connectivity index (χ2v) is 12.0. The second kappa shape index (κ2) is 11.3. The summed E-state index contributed by atoms with van der Waals surface area (Å²) in [5.74, 6) is 0. The van der Waals surface area contributed by atoms with Crippen molar-refractivity contribution in [3.63, 3.8) is 0 Å². The topological polar surface area (TPSA) is 16.1 Å². The van der Waals surface area contributed by atoms with Crippen LogP contribution in [0.1, 0.15) is 0 Å². The molecule has 0 amide bonds. The van der Waals surface area contributed by atoms with Crippen LogP contribution in [0, 0.1) is 0 Å². The van der Waals surface area contributed by atoms with E-state index >= 15 is 0 Å². The van der Waals surface area contributed by atoms with Gasteiger partial charge in [0.05, 0.1) is 10.2 Å². The summed E-state index contributed by atoms with van der Waals surface area (Å²) in [6, 6.07) is 58.5. The summed E-state index contributed by atoms with van der Waals surface area (Å²) in [6.45, 7) is 0. The zero-order valence-electron chi connectivity index (χ0n) is 24.0. The Morgan fingerprint density at radius 3 is 1.36 bits per heavy atom. The summed E-state index contributed by atoms with van der Waals surface area (Å²) in [5.41, 5.74) is 11.7. The van der Waals surface area contributed by atoms with Crippen LogP contribution < -0.4 is 4.90 Å². The van der Waals surface area contributed by atoms with Gasteiger partial charge >= 0.3 is 0 Å². The van der Waals surface area contributed by atoms with Gasteiger partial charge in [-0.05, 0) is 88.0 Å². The predicted octanol–water partition coefficient (Wildman–Crippen LogP) is 11.9. The van der Waals surface area contributed by atoms with E-state index in [-0.39, 0.29) is 0 Å². The number of fused-ring (bicyclic) bond motifs is 3. The summed E-state index contributed by atoms with van der Waals surface area (Å²) >= 11 is 1.79. The van der Waals surface area contributed by atoms with E-state index in [0.717, 1.165) is 22.6 Å². The molecule has 0 atom stereocenters. The van der Waals surface area contributed by atoms with Crippen LogP contribution in [0.5, 0.6) is 0 Å². The first-order chi connectivity index (χ1) is 21.8. The molecule has 0 fully saturated rings. The zero-order valence-corrected chi connectivity index (χ0v) is 24.8. The lowest BCUT2D eigenvalue weighted by Gasteiger charge is -2.26. The molecule has 6 aromatic carbocycles. The normalized spacial score (nSPS) is 11.2. The van der Waals surface area contributed by atoms with Crippen molar-refractivity contribution in [2.24, 2.45) is 0 Å². The van der Waals surface area contributed by atoms with E-state index in [0.29, 0.717) is 0 Å². The van der Waals surface area contributed by atoms with Crippen LogP contribution in [0.15, 0.2) is 170 Å². The van der Waals surface area contributed by atoms with Crippen molar-refractivity contribution >= 4 is 48.7 Å². The Balaban J connectivity index is 1.18. The maximum Gasteiger partial charge on any atom is 0.0888 e. The van der Waals surface area contributed by atoms with E-state index in [1.165, 1.54) is 48.2 Å². The standard InChI is InChI=1S/C41H28N2S/c1-3-8-29(9-4-1)31-13-15-32(16-14-31)34-19-23-36(24-20-34)43(35-21-17-33(18-22-35)30-10-5-2-6-11-30)37-25-26-38-40(28-37)44-39-12-7-27-42-41(38)39/h1-28H. The smallest absolute Gasteiger partial charge is 0.0888 e. The Bertz CT molecular complexity index is 2180. The number of hydrogen-bond acceptors (Lipinski definition) is 3. The Morgan fingerprint density at radius 2 is 0.841 bits per heavy atom. The van der Waals surface area contributed by atoms with Crippen LogP contribution in [0.25, 0.3) is 53.7 Å². The highest BCUT2D eigenvalue weighted by Gasteiger charge is 2.16. The predicted molar refractivity (Wildman–Crippen MR) is 188 cm³/mol. The largest absolute Gasteiger partial charge is 0.310 e.